The topological polar surface area (TPSA) is 34.9 Å². The van der Waals surface area contributed by atoms with E-state index >= 15 is 0 Å². The molecule has 0 amide bonds. The molecule has 0 saturated heterocycles. The number of halogens is 3. The van der Waals surface area contributed by atoms with Gasteiger partial charge in [0.25, 0.3) is 0 Å². The first-order chi connectivity index (χ1) is 9.43. The number of aromatic nitrogens is 2. The molecule has 0 aliphatic rings. The van der Waals surface area contributed by atoms with E-state index in [1.165, 1.54) is 6.20 Å². The Balaban J connectivity index is 2.29. The molecule has 2 rings (SSSR count). The molecule has 0 bridgehead atoms. The second-order valence-electron chi connectivity index (χ2n) is 4.10. The minimum atomic E-state index is -4.41. The van der Waals surface area contributed by atoms with Crippen LogP contribution in [0.5, 0.6) is 0 Å². The fraction of sp³-hybridized carbons (Fsp3) is 0.143. The highest BCUT2D eigenvalue weighted by Crippen LogP contribution is 2.29. The lowest BCUT2D eigenvalue weighted by Gasteiger charge is -2.07. The number of carbonyl (C=O) groups is 1. The Morgan fingerprint density at radius 1 is 1.30 bits per heavy atom. The van der Waals surface area contributed by atoms with Crippen molar-refractivity contribution in [1.82, 2.24) is 9.55 Å². The van der Waals surface area contributed by atoms with E-state index in [4.69, 9.17) is 0 Å². The quantitative estimate of drug-likeness (QED) is 0.636. The number of hydrogen-bond donors (Lipinski definition) is 0. The van der Waals surface area contributed by atoms with Gasteiger partial charge in [0.1, 0.15) is 0 Å². The molecule has 0 radical (unpaired) electrons. The molecule has 104 valence electrons. The summed E-state index contributed by atoms with van der Waals surface area (Å²) in [4.78, 5) is 16.1. The molecule has 1 aromatic heterocycles. The van der Waals surface area contributed by atoms with Gasteiger partial charge in [-0.25, -0.2) is 4.98 Å². The first-order valence-corrected chi connectivity index (χ1v) is 5.77. The molecular weight excluding hydrogens is 269 g/mol. The van der Waals surface area contributed by atoms with E-state index in [9.17, 15) is 18.0 Å². The molecule has 2 aromatic rings. The number of rotatable bonds is 4. The van der Waals surface area contributed by atoms with Crippen molar-refractivity contribution in [2.75, 3.05) is 0 Å². The fourth-order valence-corrected chi connectivity index (χ4v) is 1.74. The highest BCUT2D eigenvalue weighted by atomic mass is 19.4. The molecule has 6 heteroatoms. The maximum absolute atomic E-state index is 12.4. The van der Waals surface area contributed by atoms with Gasteiger partial charge in [-0.3, -0.25) is 4.79 Å². The zero-order valence-electron chi connectivity index (χ0n) is 10.4. The average molecular weight is 280 g/mol. The minimum absolute atomic E-state index is 0.162. The lowest BCUT2D eigenvalue weighted by atomic mass is 10.1. The Morgan fingerprint density at radius 3 is 2.50 bits per heavy atom. The standard InChI is InChI=1S/C14H11F3N2O/c1-2-8-19-9-7-18-13(19)12(20)10-3-5-11(6-4-10)14(15,16)17/h2-7,9H,1,8H2. The number of ketones is 1. The Hall–Kier alpha value is -2.37. The van der Waals surface area contributed by atoms with Crippen molar-refractivity contribution in [3.05, 3.63) is 66.3 Å². The van der Waals surface area contributed by atoms with Crippen molar-refractivity contribution < 1.29 is 18.0 Å². The van der Waals surface area contributed by atoms with E-state index in [0.29, 0.717) is 6.54 Å². The van der Waals surface area contributed by atoms with Crippen molar-refractivity contribution in [3.63, 3.8) is 0 Å². The summed E-state index contributed by atoms with van der Waals surface area (Å²) in [5.74, 6) is -0.254. The van der Waals surface area contributed by atoms with Crippen molar-refractivity contribution >= 4 is 5.78 Å². The Bertz CT molecular complexity index is 627. The van der Waals surface area contributed by atoms with Crippen molar-refractivity contribution in [3.8, 4) is 0 Å². The maximum Gasteiger partial charge on any atom is 0.416 e. The van der Waals surface area contributed by atoms with E-state index in [-0.39, 0.29) is 11.4 Å². The van der Waals surface area contributed by atoms with Gasteiger partial charge in [-0.1, -0.05) is 18.2 Å². The summed E-state index contributed by atoms with van der Waals surface area (Å²) in [6.07, 6.45) is 0.258. The zero-order chi connectivity index (χ0) is 14.8. The molecule has 0 N–H and O–H groups in total. The van der Waals surface area contributed by atoms with Crippen molar-refractivity contribution in [2.45, 2.75) is 12.7 Å². The van der Waals surface area contributed by atoms with E-state index in [1.807, 2.05) is 0 Å². The van der Waals surface area contributed by atoms with Gasteiger partial charge in [0, 0.05) is 24.5 Å². The first kappa shape index (κ1) is 14.0. The van der Waals surface area contributed by atoms with Gasteiger partial charge < -0.3 is 4.57 Å². The molecule has 0 unspecified atom stereocenters. The van der Waals surface area contributed by atoms with Gasteiger partial charge >= 0.3 is 6.18 Å². The van der Waals surface area contributed by atoms with Crippen LogP contribution in [0.1, 0.15) is 21.7 Å². The molecule has 3 nitrogen and oxygen atoms in total. The van der Waals surface area contributed by atoms with Gasteiger partial charge in [0.15, 0.2) is 5.82 Å². The second kappa shape index (κ2) is 5.32. The second-order valence-corrected chi connectivity index (χ2v) is 4.10. The predicted molar refractivity (Wildman–Crippen MR) is 67.3 cm³/mol. The predicted octanol–water partition coefficient (Wildman–Crippen LogP) is 3.32. The molecule has 1 heterocycles. The molecule has 0 aliphatic carbocycles. The molecular formula is C14H11F3N2O. The largest absolute Gasteiger partial charge is 0.416 e. The minimum Gasteiger partial charge on any atom is -0.324 e. The van der Waals surface area contributed by atoms with E-state index < -0.39 is 17.5 Å². The summed E-state index contributed by atoms with van der Waals surface area (Å²) >= 11 is 0. The maximum atomic E-state index is 12.4. The third kappa shape index (κ3) is 2.79. The fourth-order valence-electron chi connectivity index (χ4n) is 1.74. The normalized spacial score (nSPS) is 11.3. The number of benzene rings is 1. The molecule has 0 atom stereocenters. The van der Waals surface area contributed by atoms with Crippen LogP contribution >= 0.6 is 0 Å². The Morgan fingerprint density at radius 2 is 1.95 bits per heavy atom. The van der Waals surface area contributed by atoms with Crippen molar-refractivity contribution in [1.29, 1.82) is 0 Å². The van der Waals surface area contributed by atoms with Gasteiger partial charge in [0.05, 0.1) is 5.56 Å². The van der Waals surface area contributed by atoms with Crippen LogP contribution in [0.4, 0.5) is 13.2 Å². The third-order valence-corrected chi connectivity index (χ3v) is 2.72. The highest BCUT2D eigenvalue weighted by molar-refractivity contribution is 6.06. The lowest BCUT2D eigenvalue weighted by Crippen LogP contribution is -2.11. The number of alkyl halides is 3. The molecule has 20 heavy (non-hydrogen) atoms. The van der Waals surface area contributed by atoms with Crippen LogP contribution in [0.25, 0.3) is 0 Å². The third-order valence-electron chi connectivity index (χ3n) is 2.72. The van der Waals surface area contributed by atoms with Crippen molar-refractivity contribution in [2.24, 2.45) is 0 Å². The number of allylic oxidation sites excluding steroid dienone is 1. The number of carbonyl (C=O) groups excluding carboxylic acids is 1. The smallest absolute Gasteiger partial charge is 0.324 e. The van der Waals surface area contributed by atoms with Crippen LogP contribution in [-0.4, -0.2) is 15.3 Å². The van der Waals surface area contributed by atoms with Crippen LogP contribution in [0.3, 0.4) is 0 Å². The SMILES string of the molecule is C=CCn1ccnc1C(=O)c1ccc(C(F)(F)F)cc1. The van der Waals surface area contributed by atoms with Gasteiger partial charge in [-0.15, -0.1) is 6.58 Å². The van der Waals surface area contributed by atoms with E-state index in [2.05, 4.69) is 11.6 Å². The van der Waals surface area contributed by atoms with Crippen LogP contribution < -0.4 is 0 Å². The van der Waals surface area contributed by atoms with Gasteiger partial charge in [0.2, 0.25) is 5.78 Å². The summed E-state index contributed by atoms with van der Waals surface area (Å²) in [5, 5.41) is 0. The molecule has 0 fully saturated rings. The molecule has 0 spiro atoms. The average Bonchev–Trinajstić information content (AvgIpc) is 2.86. The highest BCUT2D eigenvalue weighted by Gasteiger charge is 2.30. The van der Waals surface area contributed by atoms with Gasteiger partial charge in [-0.2, -0.15) is 13.2 Å². The molecule has 0 saturated carbocycles. The van der Waals surface area contributed by atoms with E-state index in [0.717, 1.165) is 24.3 Å². The van der Waals surface area contributed by atoms with Crippen LogP contribution in [0.15, 0.2) is 49.3 Å². The monoisotopic (exact) mass is 280 g/mol. The van der Waals surface area contributed by atoms with Gasteiger partial charge in [-0.05, 0) is 12.1 Å². The Kier molecular flexibility index (Phi) is 3.74. The van der Waals surface area contributed by atoms with Crippen LogP contribution in [0, 0.1) is 0 Å². The zero-order valence-corrected chi connectivity index (χ0v) is 10.4. The summed E-state index contributed by atoms with van der Waals surface area (Å²) in [7, 11) is 0. The summed E-state index contributed by atoms with van der Waals surface area (Å²) in [6.45, 7) is 3.97. The van der Waals surface area contributed by atoms with E-state index in [1.54, 1.807) is 16.8 Å². The molecule has 1 aromatic carbocycles. The molecule has 0 aliphatic heterocycles. The number of nitrogens with zero attached hydrogens (tertiary/aromatic N) is 2. The number of hydrogen-bond acceptors (Lipinski definition) is 2. The summed E-state index contributed by atoms with van der Waals surface area (Å²) in [5.41, 5.74) is -0.627. The Labute approximate surface area is 113 Å². The van der Waals surface area contributed by atoms with Crippen LogP contribution in [-0.2, 0) is 12.7 Å². The lowest BCUT2D eigenvalue weighted by molar-refractivity contribution is -0.137. The van der Waals surface area contributed by atoms with Crippen LogP contribution in [0.2, 0.25) is 0 Å². The summed E-state index contributed by atoms with van der Waals surface area (Å²) < 4.78 is 38.9. The number of imidazole rings is 1. The summed E-state index contributed by atoms with van der Waals surface area (Å²) in [6, 6.07) is 4.07. The first-order valence-electron chi connectivity index (χ1n) is 5.77.